The molecule has 6 heteroatoms. The van der Waals surface area contributed by atoms with Gasteiger partial charge in [0.2, 0.25) is 5.52 Å². The van der Waals surface area contributed by atoms with Crippen molar-refractivity contribution in [3.63, 3.8) is 0 Å². The maximum absolute atomic E-state index is 12.7. The van der Waals surface area contributed by atoms with Crippen molar-refractivity contribution < 1.29 is 29.0 Å². The Hall–Kier alpha value is -5.86. The third-order valence-corrected chi connectivity index (χ3v) is 11.5. The van der Waals surface area contributed by atoms with Gasteiger partial charge in [-0.3, -0.25) is 0 Å². The molecule has 2 aliphatic rings. The molecule has 0 spiro atoms. The number of H-pyrrole nitrogens is 1. The van der Waals surface area contributed by atoms with Gasteiger partial charge in [-0.05, 0) is 79.6 Å². The maximum atomic E-state index is 12.7. The van der Waals surface area contributed by atoms with Gasteiger partial charge in [0.1, 0.15) is 0 Å². The van der Waals surface area contributed by atoms with Gasteiger partial charge in [0.15, 0.2) is 23.7 Å². The number of aromatic nitrogens is 4. The SMILES string of the molecule is CC1(C)c2cc(-c3nc(-c4ccccc4)nc(-c4ccccc4)n3)ccc2-c2ccc3c(c21)C(C)(C)c1cc(-c2ccc([O-])c4[nH+]cccc24)ccc1-3.[Li+]. The molecule has 0 atom stereocenters. The normalized spacial score (nSPS) is 14.1. The van der Waals surface area contributed by atoms with E-state index in [1.54, 1.807) is 6.07 Å². The van der Waals surface area contributed by atoms with E-state index in [0.29, 0.717) is 23.0 Å². The van der Waals surface area contributed by atoms with E-state index in [4.69, 9.17) is 15.0 Å². The number of hydrogen-bond acceptors (Lipinski definition) is 4. The van der Waals surface area contributed by atoms with Crippen LogP contribution in [0.2, 0.25) is 0 Å². The van der Waals surface area contributed by atoms with Crippen LogP contribution in [0.5, 0.6) is 5.75 Å². The molecule has 0 radical (unpaired) electrons. The van der Waals surface area contributed by atoms with Gasteiger partial charge in [-0.1, -0.05) is 137 Å². The summed E-state index contributed by atoms with van der Waals surface area (Å²) in [6, 6.07) is 46.1. The number of rotatable bonds is 4. The summed E-state index contributed by atoms with van der Waals surface area (Å²) in [5.41, 5.74) is 15.6. The summed E-state index contributed by atoms with van der Waals surface area (Å²) < 4.78 is 0. The Morgan fingerprint density at radius 2 is 0.926 bits per heavy atom. The van der Waals surface area contributed by atoms with Crippen LogP contribution in [-0.2, 0) is 10.8 Å². The van der Waals surface area contributed by atoms with E-state index < -0.39 is 0 Å². The molecule has 0 amide bonds. The second-order valence-electron chi connectivity index (χ2n) is 15.3. The van der Waals surface area contributed by atoms with Crippen LogP contribution in [0.1, 0.15) is 49.9 Å². The minimum absolute atomic E-state index is 0. The number of benzene rings is 6. The van der Waals surface area contributed by atoms with Gasteiger partial charge < -0.3 is 5.11 Å². The predicted octanol–water partition coefficient (Wildman–Crippen LogP) is 7.20. The van der Waals surface area contributed by atoms with Crippen molar-refractivity contribution in [2.24, 2.45) is 0 Å². The number of hydrogen-bond donors (Lipinski definition) is 0. The summed E-state index contributed by atoms with van der Waals surface area (Å²) in [5, 5.41) is 13.6. The van der Waals surface area contributed by atoms with Crippen molar-refractivity contribution in [1.29, 1.82) is 0 Å². The molecule has 8 aromatic rings. The second kappa shape index (κ2) is 12.3. The van der Waals surface area contributed by atoms with Gasteiger partial charge in [-0.15, -0.1) is 0 Å². The number of nitrogens with zero attached hydrogens (tertiary/aromatic N) is 3. The van der Waals surface area contributed by atoms with E-state index in [1.807, 2.05) is 85.1 Å². The number of pyridine rings is 1. The second-order valence-corrected chi connectivity index (χ2v) is 15.3. The molecule has 0 saturated carbocycles. The van der Waals surface area contributed by atoms with E-state index in [9.17, 15) is 5.11 Å². The van der Waals surface area contributed by atoms with E-state index in [0.717, 1.165) is 33.2 Å². The van der Waals surface area contributed by atoms with Crippen molar-refractivity contribution >= 4 is 10.9 Å². The molecule has 6 aromatic carbocycles. The summed E-state index contributed by atoms with van der Waals surface area (Å²) in [5.74, 6) is 1.98. The van der Waals surface area contributed by atoms with E-state index in [1.165, 1.54) is 44.5 Å². The standard InChI is InChI=1S/C48H36N4O.Li/c1-47(2)38-26-30(32-23-24-40(53)43-37(32)16-11-25-49-43)17-19-33(38)35-21-22-36-34-20-18-31(27-39(34)48(3,4)42(36)41(35)47)46-51-44(28-12-7-5-8-13-28)50-45(52-46)29-14-9-6-10-15-29;/h5-27,53H,1-4H3;/q;+1. The van der Waals surface area contributed by atoms with Gasteiger partial charge in [-0.2, -0.15) is 0 Å². The third kappa shape index (κ3) is 5.00. The Kier molecular flexibility index (Phi) is 7.76. The van der Waals surface area contributed by atoms with Crippen molar-refractivity contribution in [3.8, 4) is 73.3 Å². The van der Waals surface area contributed by atoms with E-state index >= 15 is 0 Å². The zero-order chi connectivity index (χ0) is 36.1. The number of aromatic amines is 1. The van der Waals surface area contributed by atoms with Crippen LogP contribution in [0, 0.1) is 0 Å². The van der Waals surface area contributed by atoms with Crippen LogP contribution in [0.15, 0.2) is 140 Å². The van der Waals surface area contributed by atoms with Crippen molar-refractivity contribution in [2.45, 2.75) is 38.5 Å². The van der Waals surface area contributed by atoms with Crippen molar-refractivity contribution in [1.82, 2.24) is 15.0 Å². The molecule has 0 saturated heterocycles. The van der Waals surface area contributed by atoms with E-state index in [2.05, 4.69) is 81.2 Å². The molecule has 2 aliphatic carbocycles. The summed E-state index contributed by atoms with van der Waals surface area (Å²) in [7, 11) is 0. The summed E-state index contributed by atoms with van der Waals surface area (Å²) in [6.07, 6.45) is 1.81. The minimum atomic E-state index is -0.276. The number of nitrogens with one attached hydrogen (secondary N) is 1. The minimum Gasteiger partial charge on any atom is -0.868 e. The molecule has 0 aliphatic heterocycles. The first kappa shape index (κ1) is 33.9. The molecule has 10 rings (SSSR count). The molecule has 0 fully saturated rings. The molecular weight excluding hydrogens is 655 g/mol. The fourth-order valence-corrected chi connectivity index (χ4v) is 8.91. The molecule has 54 heavy (non-hydrogen) atoms. The Morgan fingerprint density at radius 3 is 1.48 bits per heavy atom. The molecule has 2 aromatic heterocycles. The first-order valence-corrected chi connectivity index (χ1v) is 18.2. The van der Waals surface area contributed by atoms with Crippen LogP contribution < -0.4 is 29.0 Å². The smallest absolute Gasteiger partial charge is 0.868 e. The molecule has 0 unspecified atom stereocenters. The van der Waals surface area contributed by atoms with Gasteiger partial charge in [0.05, 0.1) is 5.39 Å². The van der Waals surface area contributed by atoms with Gasteiger partial charge in [0, 0.05) is 33.6 Å². The molecular formula is C48H36LiN4O+. The molecule has 0 bridgehead atoms. The van der Waals surface area contributed by atoms with Gasteiger partial charge in [0.25, 0.3) is 0 Å². The Morgan fingerprint density at radius 1 is 0.463 bits per heavy atom. The number of fused-ring (bicyclic) bond motifs is 8. The Labute approximate surface area is 327 Å². The van der Waals surface area contributed by atoms with Crippen LogP contribution in [0.25, 0.3) is 78.4 Å². The van der Waals surface area contributed by atoms with E-state index in [-0.39, 0.29) is 35.4 Å². The zero-order valence-corrected chi connectivity index (χ0v) is 31.0. The van der Waals surface area contributed by atoms with Crippen LogP contribution in [0.4, 0.5) is 0 Å². The topological polar surface area (TPSA) is 75.9 Å². The fourth-order valence-electron chi connectivity index (χ4n) is 8.91. The first-order valence-electron chi connectivity index (χ1n) is 18.2. The molecule has 5 nitrogen and oxygen atoms in total. The zero-order valence-electron chi connectivity index (χ0n) is 31.0. The third-order valence-electron chi connectivity index (χ3n) is 11.5. The first-order chi connectivity index (χ1) is 25.7. The van der Waals surface area contributed by atoms with Gasteiger partial charge >= 0.3 is 18.9 Å². The Bertz CT molecular complexity index is 2740. The largest absolute Gasteiger partial charge is 1.00 e. The molecule has 1 N–H and O–H groups in total. The van der Waals surface area contributed by atoms with Crippen molar-refractivity contribution in [3.05, 3.63) is 162 Å². The fraction of sp³-hybridized carbons (Fsp3) is 0.125. The monoisotopic (exact) mass is 691 g/mol. The quantitative estimate of drug-likeness (QED) is 0.183. The van der Waals surface area contributed by atoms with Crippen LogP contribution >= 0.6 is 0 Å². The summed E-state index contributed by atoms with van der Waals surface area (Å²) in [6.45, 7) is 9.44. The Balaban J connectivity index is 0.00000384. The van der Waals surface area contributed by atoms with Crippen LogP contribution in [0.3, 0.4) is 0 Å². The van der Waals surface area contributed by atoms with Gasteiger partial charge in [-0.25, -0.2) is 19.9 Å². The predicted molar refractivity (Wildman–Crippen MR) is 210 cm³/mol. The average Bonchev–Trinajstić information content (AvgIpc) is 3.57. The molecule has 254 valence electrons. The summed E-state index contributed by atoms with van der Waals surface area (Å²) >= 11 is 0. The average molecular weight is 692 g/mol. The van der Waals surface area contributed by atoms with Crippen molar-refractivity contribution in [2.75, 3.05) is 0 Å². The maximum Gasteiger partial charge on any atom is 1.00 e. The molecule has 2 heterocycles. The van der Waals surface area contributed by atoms with Crippen LogP contribution in [-0.4, -0.2) is 15.0 Å². The summed E-state index contributed by atoms with van der Waals surface area (Å²) in [4.78, 5) is 18.2.